The van der Waals surface area contributed by atoms with Crippen LogP contribution in [0.5, 0.6) is 0 Å². The summed E-state index contributed by atoms with van der Waals surface area (Å²) in [5.74, 6) is 0.143. The fourth-order valence-corrected chi connectivity index (χ4v) is 4.07. The van der Waals surface area contributed by atoms with E-state index in [1.165, 1.54) is 9.75 Å². The molecule has 1 amide bonds. The molecule has 3 rings (SSSR count). The molecule has 2 aromatic rings. The SMILES string of the molecule is O=C1NCCCC1NC(Cc1cccs1)c1cccs1. The van der Waals surface area contributed by atoms with Crippen molar-refractivity contribution in [2.45, 2.75) is 31.3 Å². The van der Waals surface area contributed by atoms with Crippen LogP contribution in [0.4, 0.5) is 0 Å². The molecule has 0 aromatic carbocycles. The van der Waals surface area contributed by atoms with E-state index >= 15 is 0 Å². The minimum absolute atomic E-state index is 0.0594. The van der Waals surface area contributed by atoms with E-state index < -0.39 is 0 Å². The zero-order valence-electron chi connectivity index (χ0n) is 11.2. The maximum Gasteiger partial charge on any atom is 0.237 e. The number of carbonyl (C=O) groups is 1. The summed E-state index contributed by atoms with van der Waals surface area (Å²) in [4.78, 5) is 14.6. The molecule has 20 heavy (non-hydrogen) atoms. The molecule has 2 unspecified atom stereocenters. The third kappa shape index (κ3) is 3.29. The Morgan fingerprint density at radius 1 is 1.30 bits per heavy atom. The first kappa shape index (κ1) is 13.8. The quantitative estimate of drug-likeness (QED) is 0.891. The maximum absolute atomic E-state index is 11.9. The average molecular weight is 306 g/mol. The number of piperidine rings is 1. The normalized spacial score (nSPS) is 20.6. The summed E-state index contributed by atoms with van der Waals surface area (Å²) in [5, 5.41) is 10.7. The lowest BCUT2D eigenvalue weighted by Crippen LogP contribution is -2.49. The van der Waals surface area contributed by atoms with Gasteiger partial charge in [0.1, 0.15) is 0 Å². The highest BCUT2D eigenvalue weighted by Gasteiger charge is 2.26. The molecule has 1 aliphatic heterocycles. The summed E-state index contributed by atoms with van der Waals surface area (Å²) in [5.41, 5.74) is 0. The van der Waals surface area contributed by atoms with Gasteiger partial charge < -0.3 is 5.32 Å². The van der Waals surface area contributed by atoms with Crippen LogP contribution in [0.25, 0.3) is 0 Å². The van der Waals surface area contributed by atoms with Crippen LogP contribution in [-0.2, 0) is 11.2 Å². The largest absolute Gasteiger partial charge is 0.355 e. The summed E-state index contributed by atoms with van der Waals surface area (Å²) >= 11 is 3.53. The maximum atomic E-state index is 11.9. The van der Waals surface area contributed by atoms with Crippen LogP contribution in [0, 0.1) is 0 Å². The number of hydrogen-bond acceptors (Lipinski definition) is 4. The van der Waals surface area contributed by atoms with Gasteiger partial charge in [-0.3, -0.25) is 10.1 Å². The van der Waals surface area contributed by atoms with E-state index in [1.54, 1.807) is 22.7 Å². The van der Waals surface area contributed by atoms with Crippen LogP contribution in [0.15, 0.2) is 35.0 Å². The van der Waals surface area contributed by atoms with E-state index in [4.69, 9.17) is 0 Å². The highest BCUT2D eigenvalue weighted by molar-refractivity contribution is 7.10. The van der Waals surface area contributed by atoms with Crippen molar-refractivity contribution in [3.8, 4) is 0 Å². The predicted molar refractivity (Wildman–Crippen MR) is 84.3 cm³/mol. The van der Waals surface area contributed by atoms with Gasteiger partial charge in [0.05, 0.1) is 6.04 Å². The number of nitrogens with one attached hydrogen (secondary N) is 2. The number of hydrogen-bond donors (Lipinski definition) is 2. The van der Waals surface area contributed by atoms with E-state index in [0.717, 1.165) is 25.8 Å². The lowest BCUT2D eigenvalue weighted by atomic mass is 10.0. The van der Waals surface area contributed by atoms with Gasteiger partial charge in [-0.2, -0.15) is 0 Å². The molecule has 3 heterocycles. The van der Waals surface area contributed by atoms with Gasteiger partial charge in [0.2, 0.25) is 5.91 Å². The first-order valence-electron chi connectivity index (χ1n) is 6.92. The van der Waals surface area contributed by atoms with Gasteiger partial charge in [0.25, 0.3) is 0 Å². The first-order chi connectivity index (χ1) is 9.83. The summed E-state index contributed by atoms with van der Waals surface area (Å²) in [6.45, 7) is 0.811. The third-order valence-electron chi connectivity index (χ3n) is 3.56. The molecule has 106 valence electrons. The van der Waals surface area contributed by atoms with E-state index in [9.17, 15) is 4.79 Å². The second-order valence-corrected chi connectivity index (χ2v) is 7.02. The Kier molecular flexibility index (Phi) is 4.50. The molecule has 0 aliphatic carbocycles. The predicted octanol–water partition coefficient (Wildman–Crippen LogP) is 2.96. The highest BCUT2D eigenvalue weighted by Crippen LogP contribution is 2.26. The van der Waals surface area contributed by atoms with Crippen molar-refractivity contribution >= 4 is 28.6 Å². The summed E-state index contributed by atoms with van der Waals surface area (Å²) in [6, 6.07) is 8.63. The number of carbonyl (C=O) groups excluding carboxylic acids is 1. The van der Waals surface area contributed by atoms with Crippen molar-refractivity contribution in [2.75, 3.05) is 6.54 Å². The first-order valence-corrected chi connectivity index (χ1v) is 8.68. The molecule has 0 saturated carbocycles. The molecule has 0 radical (unpaired) electrons. The molecule has 3 nitrogen and oxygen atoms in total. The minimum Gasteiger partial charge on any atom is -0.355 e. The Morgan fingerprint density at radius 3 is 2.85 bits per heavy atom. The van der Waals surface area contributed by atoms with Crippen LogP contribution < -0.4 is 10.6 Å². The smallest absolute Gasteiger partial charge is 0.237 e. The number of thiophene rings is 2. The van der Waals surface area contributed by atoms with Gasteiger partial charge >= 0.3 is 0 Å². The molecule has 2 atom stereocenters. The Morgan fingerprint density at radius 2 is 2.15 bits per heavy atom. The van der Waals surface area contributed by atoms with E-state index in [-0.39, 0.29) is 18.0 Å². The van der Waals surface area contributed by atoms with Gasteiger partial charge in [-0.05, 0) is 35.7 Å². The lowest BCUT2D eigenvalue weighted by molar-refractivity contribution is -0.124. The summed E-state index contributed by atoms with van der Waals surface area (Å²) < 4.78 is 0. The zero-order valence-corrected chi connectivity index (χ0v) is 12.8. The van der Waals surface area contributed by atoms with Crippen LogP contribution >= 0.6 is 22.7 Å². The topological polar surface area (TPSA) is 41.1 Å². The van der Waals surface area contributed by atoms with Gasteiger partial charge in [0.15, 0.2) is 0 Å². The van der Waals surface area contributed by atoms with Crippen molar-refractivity contribution in [3.05, 3.63) is 44.8 Å². The van der Waals surface area contributed by atoms with Crippen molar-refractivity contribution < 1.29 is 4.79 Å². The molecule has 2 N–H and O–H groups in total. The molecule has 1 fully saturated rings. The second kappa shape index (κ2) is 6.52. The molecule has 0 bridgehead atoms. The molecule has 0 spiro atoms. The fraction of sp³-hybridized carbons (Fsp3) is 0.400. The standard InChI is InChI=1S/C15H18N2OS2/c18-15-12(5-1-7-16-15)17-13(14-6-3-9-20-14)10-11-4-2-8-19-11/h2-4,6,8-9,12-13,17H,1,5,7,10H2,(H,16,18). The third-order valence-corrected chi connectivity index (χ3v) is 5.44. The molecule has 5 heteroatoms. The van der Waals surface area contributed by atoms with Crippen molar-refractivity contribution in [1.82, 2.24) is 10.6 Å². The van der Waals surface area contributed by atoms with E-state index in [2.05, 4.69) is 45.7 Å². The lowest BCUT2D eigenvalue weighted by Gasteiger charge is -2.27. The zero-order chi connectivity index (χ0) is 13.8. The molecule has 1 aliphatic rings. The minimum atomic E-state index is -0.0594. The van der Waals surface area contributed by atoms with Crippen LogP contribution in [0.3, 0.4) is 0 Å². The fourth-order valence-electron chi connectivity index (χ4n) is 2.54. The van der Waals surface area contributed by atoms with E-state index in [0.29, 0.717) is 0 Å². The van der Waals surface area contributed by atoms with Crippen LogP contribution in [0.1, 0.15) is 28.6 Å². The average Bonchev–Trinajstić information content (AvgIpc) is 3.12. The van der Waals surface area contributed by atoms with Gasteiger partial charge in [-0.15, -0.1) is 22.7 Å². The Labute approximate surface area is 127 Å². The highest BCUT2D eigenvalue weighted by atomic mass is 32.1. The second-order valence-electron chi connectivity index (χ2n) is 5.00. The number of amides is 1. The van der Waals surface area contributed by atoms with Gasteiger partial charge in [0, 0.05) is 28.8 Å². The van der Waals surface area contributed by atoms with Gasteiger partial charge in [-0.25, -0.2) is 0 Å². The van der Waals surface area contributed by atoms with Crippen molar-refractivity contribution in [1.29, 1.82) is 0 Å². The molecular formula is C15H18N2OS2. The van der Waals surface area contributed by atoms with Crippen LogP contribution in [-0.4, -0.2) is 18.5 Å². The Hall–Kier alpha value is -1.17. The van der Waals surface area contributed by atoms with Gasteiger partial charge in [-0.1, -0.05) is 12.1 Å². The Balaban J connectivity index is 1.73. The Bertz CT molecular complexity index is 536. The molecular weight excluding hydrogens is 288 g/mol. The molecule has 1 saturated heterocycles. The molecule has 2 aromatic heterocycles. The van der Waals surface area contributed by atoms with Crippen molar-refractivity contribution in [2.24, 2.45) is 0 Å². The van der Waals surface area contributed by atoms with E-state index in [1.807, 2.05) is 0 Å². The number of rotatable bonds is 5. The summed E-state index contributed by atoms with van der Waals surface area (Å²) in [6.07, 6.45) is 2.93. The van der Waals surface area contributed by atoms with Crippen LogP contribution in [0.2, 0.25) is 0 Å². The summed E-state index contributed by atoms with van der Waals surface area (Å²) in [7, 11) is 0. The monoisotopic (exact) mass is 306 g/mol. The van der Waals surface area contributed by atoms with Crippen molar-refractivity contribution in [3.63, 3.8) is 0 Å².